The number of ether oxygens (including phenoxy) is 2. The van der Waals surface area contributed by atoms with Crippen LogP contribution in [0.1, 0.15) is 10.4 Å². The van der Waals surface area contributed by atoms with Crippen molar-refractivity contribution >= 4 is 11.7 Å². The average molecular weight is 290 g/mol. The molecule has 8 nitrogen and oxygen atoms in total. The lowest BCUT2D eigenvalue weighted by atomic mass is 10.2. The summed E-state index contributed by atoms with van der Waals surface area (Å²) in [6.45, 7) is 0. The molecule has 0 bridgehead atoms. The van der Waals surface area contributed by atoms with Crippen LogP contribution in [0.2, 0.25) is 0 Å². The fraction of sp³-hybridized carbons (Fsp3) is 0.0769. The zero-order chi connectivity index (χ0) is 15.4. The third-order valence-electron chi connectivity index (χ3n) is 2.54. The molecular formula is C13H10N2O6. The SMILES string of the molecule is COc1ccc([N+](=O)[O-])c(Oc2ccc(C(=O)O)cc2)n1. The number of aromatic carboxylic acids is 1. The van der Waals surface area contributed by atoms with Crippen molar-refractivity contribution in [2.75, 3.05) is 7.11 Å². The van der Waals surface area contributed by atoms with Crippen molar-refractivity contribution in [1.82, 2.24) is 4.98 Å². The molecule has 0 aliphatic carbocycles. The summed E-state index contributed by atoms with van der Waals surface area (Å²) in [5, 5.41) is 19.7. The lowest BCUT2D eigenvalue weighted by molar-refractivity contribution is -0.386. The molecule has 0 atom stereocenters. The topological polar surface area (TPSA) is 112 Å². The molecule has 0 aliphatic heterocycles. The molecule has 0 spiro atoms. The van der Waals surface area contributed by atoms with Gasteiger partial charge in [0.1, 0.15) is 5.75 Å². The van der Waals surface area contributed by atoms with Crippen molar-refractivity contribution in [2.24, 2.45) is 0 Å². The van der Waals surface area contributed by atoms with Crippen LogP contribution in [-0.2, 0) is 0 Å². The van der Waals surface area contributed by atoms with Crippen LogP contribution in [0.25, 0.3) is 0 Å². The van der Waals surface area contributed by atoms with Crippen molar-refractivity contribution in [3.8, 4) is 17.5 Å². The first-order valence-electron chi connectivity index (χ1n) is 5.72. The van der Waals surface area contributed by atoms with Crippen LogP contribution in [0, 0.1) is 10.1 Å². The molecule has 108 valence electrons. The van der Waals surface area contributed by atoms with Gasteiger partial charge in [0.25, 0.3) is 0 Å². The number of nitrogens with zero attached hydrogens (tertiary/aromatic N) is 2. The maximum Gasteiger partial charge on any atom is 0.335 e. The van der Waals surface area contributed by atoms with E-state index in [9.17, 15) is 14.9 Å². The molecule has 0 saturated heterocycles. The summed E-state index contributed by atoms with van der Waals surface area (Å²) < 4.78 is 10.2. The van der Waals surface area contributed by atoms with Gasteiger partial charge in [0.15, 0.2) is 0 Å². The van der Waals surface area contributed by atoms with E-state index in [-0.39, 0.29) is 28.8 Å². The highest BCUT2D eigenvalue weighted by atomic mass is 16.6. The average Bonchev–Trinajstić information content (AvgIpc) is 2.47. The quantitative estimate of drug-likeness (QED) is 0.664. The van der Waals surface area contributed by atoms with Crippen LogP contribution in [0.5, 0.6) is 17.5 Å². The monoisotopic (exact) mass is 290 g/mol. The Morgan fingerprint density at radius 1 is 1.24 bits per heavy atom. The number of carboxylic acids is 1. The Hall–Kier alpha value is -3.16. The summed E-state index contributed by atoms with van der Waals surface area (Å²) >= 11 is 0. The molecule has 2 aromatic rings. The molecule has 0 saturated carbocycles. The Bertz CT molecular complexity index is 684. The number of rotatable bonds is 5. The first-order chi connectivity index (χ1) is 10.0. The molecule has 1 aromatic carbocycles. The van der Waals surface area contributed by atoms with Crippen molar-refractivity contribution in [3.63, 3.8) is 0 Å². The van der Waals surface area contributed by atoms with Crippen LogP contribution in [-0.4, -0.2) is 28.1 Å². The highest BCUT2D eigenvalue weighted by molar-refractivity contribution is 5.87. The van der Waals surface area contributed by atoms with E-state index in [0.29, 0.717) is 0 Å². The number of benzene rings is 1. The van der Waals surface area contributed by atoms with Gasteiger partial charge in [0, 0.05) is 12.1 Å². The smallest absolute Gasteiger partial charge is 0.335 e. The number of methoxy groups -OCH3 is 1. The summed E-state index contributed by atoms with van der Waals surface area (Å²) in [4.78, 5) is 24.9. The first-order valence-corrected chi connectivity index (χ1v) is 5.72. The van der Waals surface area contributed by atoms with Crippen molar-refractivity contribution in [2.45, 2.75) is 0 Å². The molecular weight excluding hydrogens is 280 g/mol. The Morgan fingerprint density at radius 3 is 2.43 bits per heavy atom. The normalized spacial score (nSPS) is 9.95. The van der Waals surface area contributed by atoms with E-state index >= 15 is 0 Å². The van der Waals surface area contributed by atoms with Gasteiger partial charge in [-0.15, -0.1) is 0 Å². The summed E-state index contributed by atoms with van der Waals surface area (Å²) in [7, 11) is 1.37. The minimum Gasteiger partial charge on any atom is -0.481 e. The molecule has 8 heteroatoms. The molecule has 1 N–H and O–H groups in total. The number of hydrogen-bond donors (Lipinski definition) is 1. The van der Waals surface area contributed by atoms with Crippen LogP contribution in [0.15, 0.2) is 36.4 Å². The van der Waals surface area contributed by atoms with E-state index in [1.165, 1.54) is 43.5 Å². The largest absolute Gasteiger partial charge is 0.481 e. The second kappa shape index (κ2) is 5.87. The molecule has 0 aliphatic rings. The van der Waals surface area contributed by atoms with Crippen molar-refractivity contribution < 1.29 is 24.3 Å². The minimum atomic E-state index is -1.08. The number of nitro groups is 1. The fourth-order valence-electron chi connectivity index (χ4n) is 1.52. The number of aromatic nitrogens is 1. The van der Waals surface area contributed by atoms with E-state index in [1.54, 1.807) is 0 Å². The standard InChI is InChI=1S/C13H10N2O6/c1-20-11-7-6-10(15(18)19)12(14-11)21-9-4-2-8(3-5-9)13(16)17/h2-7H,1H3,(H,16,17). The Balaban J connectivity index is 2.33. The maximum atomic E-state index is 10.9. The molecule has 2 rings (SSSR count). The second-order valence-corrected chi connectivity index (χ2v) is 3.87. The zero-order valence-electron chi connectivity index (χ0n) is 10.8. The molecule has 0 fully saturated rings. The lowest BCUT2D eigenvalue weighted by Gasteiger charge is -2.07. The number of carboxylic acid groups (broad SMARTS) is 1. The van der Waals surface area contributed by atoms with Crippen LogP contribution in [0.3, 0.4) is 0 Å². The van der Waals surface area contributed by atoms with Gasteiger partial charge in [-0.2, -0.15) is 4.98 Å². The Kier molecular flexibility index (Phi) is 3.98. The van der Waals surface area contributed by atoms with E-state index in [4.69, 9.17) is 14.6 Å². The molecule has 21 heavy (non-hydrogen) atoms. The fourth-order valence-corrected chi connectivity index (χ4v) is 1.52. The van der Waals surface area contributed by atoms with E-state index in [1.807, 2.05) is 0 Å². The highest BCUT2D eigenvalue weighted by Crippen LogP contribution is 2.31. The van der Waals surface area contributed by atoms with Crippen molar-refractivity contribution in [3.05, 3.63) is 52.1 Å². The molecule has 0 radical (unpaired) electrons. The van der Waals surface area contributed by atoms with E-state index in [2.05, 4.69) is 4.98 Å². The third-order valence-corrected chi connectivity index (χ3v) is 2.54. The van der Waals surface area contributed by atoms with Gasteiger partial charge in [-0.1, -0.05) is 0 Å². The Labute approximate surface area is 118 Å². The number of pyridine rings is 1. The zero-order valence-corrected chi connectivity index (χ0v) is 10.8. The van der Waals surface area contributed by atoms with Gasteiger partial charge >= 0.3 is 17.5 Å². The molecule has 0 unspecified atom stereocenters. The van der Waals surface area contributed by atoms with Crippen LogP contribution >= 0.6 is 0 Å². The molecule has 1 heterocycles. The van der Waals surface area contributed by atoms with Gasteiger partial charge < -0.3 is 14.6 Å². The van der Waals surface area contributed by atoms with Crippen LogP contribution < -0.4 is 9.47 Å². The summed E-state index contributed by atoms with van der Waals surface area (Å²) in [5.41, 5.74) is -0.242. The highest BCUT2D eigenvalue weighted by Gasteiger charge is 2.19. The first kappa shape index (κ1) is 14.3. The minimum absolute atomic E-state index is 0.0791. The Morgan fingerprint density at radius 2 is 1.90 bits per heavy atom. The summed E-state index contributed by atoms with van der Waals surface area (Å²) in [6, 6.07) is 7.97. The van der Waals surface area contributed by atoms with Gasteiger partial charge in [-0.05, 0) is 24.3 Å². The number of carbonyl (C=O) groups is 1. The molecule has 0 amide bonds. The summed E-state index contributed by atoms with van der Waals surface area (Å²) in [5.74, 6) is -0.920. The maximum absolute atomic E-state index is 10.9. The van der Waals surface area contributed by atoms with Crippen molar-refractivity contribution in [1.29, 1.82) is 0 Å². The lowest BCUT2D eigenvalue weighted by Crippen LogP contribution is -1.99. The van der Waals surface area contributed by atoms with Gasteiger partial charge in [-0.3, -0.25) is 10.1 Å². The predicted molar refractivity (Wildman–Crippen MR) is 70.9 cm³/mol. The van der Waals surface area contributed by atoms with Crippen LogP contribution in [0.4, 0.5) is 5.69 Å². The van der Waals surface area contributed by atoms with Gasteiger partial charge in [0.2, 0.25) is 5.88 Å². The number of hydrogen-bond acceptors (Lipinski definition) is 6. The van der Waals surface area contributed by atoms with Gasteiger partial charge in [-0.25, -0.2) is 4.79 Å². The van der Waals surface area contributed by atoms with Gasteiger partial charge in [0.05, 0.1) is 17.6 Å². The van der Waals surface area contributed by atoms with E-state index < -0.39 is 10.9 Å². The third kappa shape index (κ3) is 3.24. The second-order valence-electron chi connectivity index (χ2n) is 3.87. The predicted octanol–water partition coefficient (Wildman–Crippen LogP) is 2.49. The molecule has 1 aromatic heterocycles. The van der Waals surface area contributed by atoms with E-state index in [0.717, 1.165) is 0 Å². The summed E-state index contributed by atoms with van der Waals surface area (Å²) in [6.07, 6.45) is 0.